The third-order valence-electron chi connectivity index (χ3n) is 9.08. The van der Waals surface area contributed by atoms with Gasteiger partial charge in [-0.1, -0.05) is 53.7 Å². The van der Waals surface area contributed by atoms with E-state index in [0.717, 1.165) is 12.2 Å². The van der Waals surface area contributed by atoms with Gasteiger partial charge in [0.15, 0.2) is 0 Å². The van der Waals surface area contributed by atoms with E-state index in [0.29, 0.717) is 62.9 Å². The maximum absolute atomic E-state index is 15.0. The molecule has 0 spiro atoms. The first-order chi connectivity index (χ1) is 32.3. The molecule has 0 radical (unpaired) electrons. The quantitative estimate of drug-likeness (QED) is 0.0214. The highest BCUT2D eigenvalue weighted by atomic mass is 32.2. The van der Waals surface area contributed by atoms with E-state index in [1.54, 1.807) is 0 Å². The van der Waals surface area contributed by atoms with Gasteiger partial charge >= 0.3 is 71.2 Å². The number of alkyl halides is 10. The van der Waals surface area contributed by atoms with Crippen LogP contribution in [0, 0.1) is 0 Å². The van der Waals surface area contributed by atoms with Crippen LogP contribution in [0.2, 0.25) is 0 Å². The molecule has 0 saturated carbocycles. The average Bonchev–Trinajstić information content (AvgIpc) is 3.27. The topological polar surface area (TPSA) is 204 Å². The second kappa shape index (κ2) is 33.9. The molecule has 1 heterocycles. The minimum atomic E-state index is -6.89. The number of carbonyl (C=O) groups is 4. The van der Waals surface area contributed by atoms with Crippen LogP contribution >= 0.6 is 23.5 Å². The summed E-state index contributed by atoms with van der Waals surface area (Å²) in [6, 6.07) is 0. The summed E-state index contributed by atoms with van der Waals surface area (Å²) in [5.74, 6) is -18.2. The number of unbranched alkanes of at least 4 members (excludes halogenated alkanes) is 6. The second-order valence-electron chi connectivity index (χ2n) is 14.7. The zero-order chi connectivity index (χ0) is 52.3. The molecule has 0 unspecified atom stereocenters. The number of alkyl carbamates (subject to hydrolysis) is 2. The van der Waals surface area contributed by atoms with Crippen LogP contribution in [0.5, 0.6) is 0 Å². The average molecular weight is 1090 g/mol. The Kier molecular flexibility index (Phi) is 32.6. The number of aromatic nitrogens is 3. The van der Waals surface area contributed by atoms with E-state index in [-0.39, 0.29) is 87.9 Å². The Hall–Kier alpha value is -4.67. The van der Waals surface area contributed by atoms with Gasteiger partial charge in [-0.15, -0.1) is 0 Å². The van der Waals surface area contributed by atoms with Gasteiger partial charge in [-0.3, -0.25) is 0 Å². The van der Waals surface area contributed by atoms with E-state index in [1.807, 2.05) is 0 Å². The second-order valence-corrected chi connectivity index (χ2v) is 17.1. The number of ether oxygens (including phenoxy) is 5. The Morgan fingerprint density at radius 2 is 0.901 bits per heavy atom. The number of thioether (sulfide) groups is 2. The molecular weight excluding hydrogens is 1020 g/mol. The molecule has 0 aliphatic heterocycles. The van der Waals surface area contributed by atoms with Gasteiger partial charge in [-0.25, -0.2) is 52.0 Å². The molecule has 17 nitrogen and oxygen atoms in total. The minimum absolute atomic E-state index is 0. The number of esters is 2. The molecule has 71 heavy (non-hydrogen) atoms. The number of nitrogens with zero attached hydrogens (tertiary/aromatic N) is 3. The van der Waals surface area contributed by atoms with Gasteiger partial charge in [-0.2, -0.15) is 67.4 Å². The number of rotatable bonds is 37. The van der Waals surface area contributed by atoms with E-state index < -0.39 is 102 Å². The number of carbonyl (C=O) groups excluding carboxylic acids is 4. The molecule has 0 aromatic carbocycles. The molecule has 0 saturated heterocycles. The van der Waals surface area contributed by atoms with Crippen molar-refractivity contribution in [2.24, 2.45) is 0 Å². The van der Waals surface area contributed by atoms with Crippen molar-refractivity contribution < 1.29 is 86.8 Å². The minimum Gasteiger partial charge on any atom is -0.461 e. The van der Waals surface area contributed by atoms with Crippen LogP contribution in [0.3, 0.4) is 0 Å². The van der Waals surface area contributed by atoms with Crippen molar-refractivity contribution in [1.82, 2.24) is 24.3 Å². The number of nitrogens with one attached hydrogen (secondary N) is 2. The van der Waals surface area contributed by atoms with Crippen LogP contribution in [0.1, 0.15) is 86.0 Å². The summed E-state index contributed by atoms with van der Waals surface area (Å²) in [6.45, 7) is 1.92. The van der Waals surface area contributed by atoms with E-state index in [2.05, 4.69) is 28.5 Å². The summed E-state index contributed by atoms with van der Waals surface area (Å²) in [7, 11) is 0. The maximum Gasteiger partial charge on any atom is 0.430 e. The summed E-state index contributed by atoms with van der Waals surface area (Å²) in [5, 5.41) is 4.79. The van der Waals surface area contributed by atoms with Gasteiger partial charge < -0.3 is 29.6 Å². The number of amides is 2. The Bertz CT molecular complexity index is 1890. The predicted octanol–water partition coefficient (Wildman–Crippen LogP) is 7.85. The van der Waals surface area contributed by atoms with Gasteiger partial charge in [-0.05, 0) is 61.5 Å². The maximum atomic E-state index is 15.0. The zero-order valence-electron chi connectivity index (χ0n) is 37.7. The van der Waals surface area contributed by atoms with Crippen LogP contribution in [0.4, 0.5) is 53.5 Å². The zero-order valence-corrected chi connectivity index (χ0v) is 39.3. The van der Waals surface area contributed by atoms with Crippen molar-refractivity contribution >= 4 is 47.6 Å². The third kappa shape index (κ3) is 24.5. The summed E-state index contributed by atoms with van der Waals surface area (Å²) in [4.78, 5) is 85.1. The summed E-state index contributed by atoms with van der Waals surface area (Å²) >= 11 is 2.69. The lowest BCUT2D eigenvalue weighted by Gasteiger charge is -2.34. The highest BCUT2D eigenvalue weighted by molar-refractivity contribution is 7.99. The lowest BCUT2D eigenvalue weighted by molar-refractivity contribution is -0.485. The van der Waals surface area contributed by atoms with Gasteiger partial charge in [0.25, 0.3) is 0 Å². The molecule has 0 aliphatic rings. The molecule has 412 valence electrons. The van der Waals surface area contributed by atoms with Crippen molar-refractivity contribution in [2.75, 3.05) is 62.5 Å². The van der Waals surface area contributed by atoms with Gasteiger partial charge in [0.2, 0.25) is 0 Å². The molecule has 1 rings (SSSR count). The first kappa shape index (κ1) is 68.4. The number of hydrogen-bond acceptors (Lipinski definition) is 14. The number of halogens is 10. The van der Waals surface area contributed by atoms with Crippen LogP contribution in [-0.2, 0) is 52.9 Å². The summed E-state index contributed by atoms with van der Waals surface area (Å²) in [5.41, 5.74) is -5.08. The van der Waals surface area contributed by atoms with Crippen molar-refractivity contribution in [3.63, 3.8) is 0 Å². The van der Waals surface area contributed by atoms with E-state index in [1.165, 1.54) is 23.5 Å². The van der Waals surface area contributed by atoms with Gasteiger partial charge in [0.1, 0.15) is 19.8 Å². The molecule has 1 aromatic heterocycles. The molecule has 29 heteroatoms. The molecule has 2 amide bonds. The Morgan fingerprint density at radius 3 is 1.28 bits per heavy atom. The molecule has 0 fully saturated rings. The van der Waals surface area contributed by atoms with E-state index in [9.17, 15) is 77.5 Å². The van der Waals surface area contributed by atoms with Crippen molar-refractivity contribution in [3.8, 4) is 0 Å². The Morgan fingerprint density at radius 1 is 0.535 bits per heavy atom. The lowest BCUT2D eigenvalue weighted by Crippen LogP contribution is -2.61. The third-order valence-corrected chi connectivity index (χ3v) is 11.4. The van der Waals surface area contributed by atoms with Crippen LogP contribution < -0.4 is 27.7 Å². The van der Waals surface area contributed by atoms with Gasteiger partial charge in [0, 0.05) is 32.2 Å². The highest BCUT2D eigenvalue weighted by Crippen LogP contribution is 2.50. The van der Waals surface area contributed by atoms with E-state index in [4.69, 9.17) is 18.9 Å². The first-order valence-electron chi connectivity index (χ1n) is 21.3. The van der Waals surface area contributed by atoms with Crippen LogP contribution in [0.25, 0.3) is 0 Å². The van der Waals surface area contributed by atoms with Crippen molar-refractivity contribution in [1.29, 1.82) is 0 Å². The first-order valence-corrected chi connectivity index (χ1v) is 23.7. The van der Waals surface area contributed by atoms with Crippen molar-refractivity contribution in [3.05, 3.63) is 56.8 Å². The van der Waals surface area contributed by atoms with E-state index >= 15 is 0 Å². The molecule has 1 aromatic rings. The largest absolute Gasteiger partial charge is 0.461 e. The summed E-state index contributed by atoms with van der Waals surface area (Å²) in [6.07, 6.45) is -7.95. The van der Waals surface area contributed by atoms with Gasteiger partial charge in [0.05, 0.1) is 26.3 Å². The Labute approximate surface area is 412 Å². The van der Waals surface area contributed by atoms with Crippen LogP contribution in [-0.4, -0.2) is 130 Å². The smallest absolute Gasteiger partial charge is 0.430 e. The SMILES string of the molecule is C.C.C=CC(=O)OCCNC(=O)OCCCCCCSCCCn1c(=O)n(CCCSCCCCCCOC(=O)NCCOC(=O)C=C)c(=O)n(CC(F)(F)C(F)(F)OC(F)(F)C(F)(F)C(C)(F)F)c1=O. The lowest BCUT2D eigenvalue weighted by atomic mass is 10.2. The standard InChI is InChI=1S/C40H57F10N5O12S2.2CH4/c1-4-29(56)63-22-16-51-31(58)65-20-10-6-8-12-24-68-26-14-18-53-33(60)54(19-15-27-69-25-13-9-7-11-21-66-32(59)52-17-23-64-30(57)5-2)35(62)55(34(53)61)28-37(43,44)39(47,48)67-40(49,50)38(45,46)36(3,41)42;;/h4-5H,1-2,6-28H2,3H3,(H,51,58)(H,52,59);2*1H4. The Balaban J connectivity index is 0. The molecule has 0 bridgehead atoms. The predicted molar refractivity (Wildman–Crippen MR) is 246 cm³/mol. The molecule has 0 aliphatic carbocycles. The molecular formula is C42H65F10N5O12S2. The fourth-order valence-electron chi connectivity index (χ4n) is 5.38. The highest BCUT2D eigenvalue weighted by Gasteiger charge is 2.75. The molecule has 0 atom stereocenters. The molecule has 2 N–H and O–H groups in total. The van der Waals surface area contributed by atoms with Crippen LogP contribution in [0.15, 0.2) is 39.7 Å². The summed E-state index contributed by atoms with van der Waals surface area (Å²) < 4.78 is 162. The van der Waals surface area contributed by atoms with Crippen molar-refractivity contribution in [2.45, 2.75) is 136 Å². The fourth-order valence-corrected chi connectivity index (χ4v) is 7.27. The fraction of sp³-hybridized carbons (Fsp3) is 0.738. The normalized spacial score (nSPS) is 11.9. The monoisotopic (exact) mass is 1090 g/mol. The number of hydrogen-bond donors (Lipinski definition) is 2.